The molecule has 32 heavy (non-hydrogen) atoms. The minimum Gasteiger partial charge on any atom is -0.320 e. The van der Waals surface area contributed by atoms with Crippen molar-refractivity contribution in [3.8, 4) is 0 Å². The number of nitrogens with zero attached hydrogens (tertiary/aromatic N) is 2. The molecule has 0 aromatic rings. The molecule has 0 aromatic carbocycles. The van der Waals surface area contributed by atoms with Crippen molar-refractivity contribution >= 4 is 22.0 Å². The maximum atomic E-state index is 13.5. The molecule has 3 amide bonds. The molecular formula is C21H35N5O5S. The summed E-state index contributed by atoms with van der Waals surface area (Å²) in [7, 11) is -3.52. The van der Waals surface area contributed by atoms with Crippen molar-refractivity contribution in [1.29, 1.82) is 0 Å². The number of hydrogen-bond acceptors (Lipinski definition) is 7. The maximum Gasteiger partial charge on any atom is 0.327 e. The van der Waals surface area contributed by atoms with Gasteiger partial charge in [0.25, 0.3) is 0 Å². The molecule has 0 aromatic heterocycles. The van der Waals surface area contributed by atoms with Gasteiger partial charge in [-0.2, -0.15) is 5.48 Å². The Labute approximate surface area is 189 Å². The summed E-state index contributed by atoms with van der Waals surface area (Å²) in [5, 5.41) is 2.64. The lowest BCUT2D eigenvalue weighted by Gasteiger charge is -2.50. The lowest BCUT2D eigenvalue weighted by Crippen LogP contribution is -2.66. The molecule has 5 atom stereocenters. The monoisotopic (exact) mass is 469 g/mol. The summed E-state index contributed by atoms with van der Waals surface area (Å²) in [6.07, 6.45) is 3.44. The van der Waals surface area contributed by atoms with Crippen LogP contribution in [0.4, 0.5) is 4.79 Å². The Kier molecular flexibility index (Phi) is 5.77. The minimum absolute atomic E-state index is 0.166. The number of nitrogens with one attached hydrogen (secondary N) is 3. The molecule has 5 unspecified atom stereocenters. The highest BCUT2D eigenvalue weighted by Gasteiger charge is 2.53. The van der Waals surface area contributed by atoms with Crippen molar-refractivity contribution in [2.24, 2.45) is 11.8 Å². The molecule has 11 heteroatoms. The Morgan fingerprint density at radius 3 is 2.50 bits per heavy atom. The summed E-state index contributed by atoms with van der Waals surface area (Å²) in [4.78, 5) is 35.6. The molecule has 0 radical (unpaired) electrons. The minimum atomic E-state index is -3.52. The largest absolute Gasteiger partial charge is 0.327 e. The van der Waals surface area contributed by atoms with Crippen LogP contribution in [0.15, 0.2) is 0 Å². The molecule has 0 spiro atoms. The van der Waals surface area contributed by atoms with Crippen LogP contribution in [0.3, 0.4) is 0 Å². The van der Waals surface area contributed by atoms with Crippen LogP contribution in [0.25, 0.3) is 0 Å². The van der Waals surface area contributed by atoms with E-state index >= 15 is 0 Å². The number of rotatable bonds is 7. The van der Waals surface area contributed by atoms with E-state index in [2.05, 4.69) is 15.5 Å². The lowest BCUT2D eigenvalue weighted by atomic mass is 9.80. The summed E-state index contributed by atoms with van der Waals surface area (Å²) in [6, 6.07) is -0.313. The number of hydroxylamine groups is 1. The van der Waals surface area contributed by atoms with E-state index in [0.29, 0.717) is 25.3 Å². The van der Waals surface area contributed by atoms with Crippen LogP contribution in [0.1, 0.15) is 52.4 Å². The topological polar surface area (TPSA) is 120 Å². The van der Waals surface area contributed by atoms with Crippen LogP contribution < -0.4 is 15.5 Å². The third-order valence-electron chi connectivity index (χ3n) is 7.81. The highest BCUT2D eigenvalue weighted by Crippen LogP contribution is 2.40. The lowest BCUT2D eigenvalue weighted by molar-refractivity contribution is -0.142. The van der Waals surface area contributed by atoms with Crippen molar-refractivity contribution < 1.29 is 22.8 Å². The van der Waals surface area contributed by atoms with E-state index in [0.717, 1.165) is 32.4 Å². The predicted octanol–water partition coefficient (Wildman–Crippen LogP) is 0.161. The van der Waals surface area contributed by atoms with Crippen LogP contribution in [0, 0.1) is 11.8 Å². The average Bonchev–Trinajstić information content (AvgIpc) is 3.27. The number of fused-ring (bicyclic) bond motifs is 1. The molecule has 5 fully saturated rings. The summed E-state index contributed by atoms with van der Waals surface area (Å²) in [6.45, 7) is 6.45. The summed E-state index contributed by atoms with van der Waals surface area (Å²) < 4.78 is 29.0. The molecule has 3 heterocycles. The van der Waals surface area contributed by atoms with Gasteiger partial charge in [-0.15, -0.1) is 0 Å². The Balaban J connectivity index is 1.35. The molecule has 5 rings (SSSR count). The number of imide groups is 1. The van der Waals surface area contributed by atoms with Crippen molar-refractivity contribution in [3.63, 3.8) is 0 Å². The van der Waals surface area contributed by atoms with Crippen LogP contribution >= 0.6 is 0 Å². The second-order valence-corrected chi connectivity index (χ2v) is 12.7. The molecule has 2 saturated carbocycles. The van der Waals surface area contributed by atoms with E-state index in [4.69, 9.17) is 4.84 Å². The van der Waals surface area contributed by atoms with Gasteiger partial charge in [-0.1, -0.05) is 0 Å². The Bertz CT molecular complexity index is 874. The summed E-state index contributed by atoms with van der Waals surface area (Å²) in [5.41, 5.74) is 2.57. The standard InChI is InChI=1S/C21H35N5O5S/c1-13-7-15(31-23-13)12-26-19(27)17-8-16(32(29,30)24-21(2)5-6-21)3-4-18(17)25(20(26)28)11-14-9-22-10-14/h13-18,22-24H,3-12H2,1-2H3. The van der Waals surface area contributed by atoms with Crippen LogP contribution in [-0.2, 0) is 19.7 Å². The summed E-state index contributed by atoms with van der Waals surface area (Å²) in [5.74, 6) is -0.365. The van der Waals surface area contributed by atoms with Gasteiger partial charge in [-0.05, 0) is 52.4 Å². The molecule has 3 N–H and O–H groups in total. The van der Waals surface area contributed by atoms with Gasteiger partial charge >= 0.3 is 6.03 Å². The quantitative estimate of drug-likeness (QED) is 0.486. The van der Waals surface area contributed by atoms with Gasteiger partial charge in [-0.25, -0.2) is 17.9 Å². The first-order valence-corrected chi connectivity index (χ1v) is 13.5. The number of urea groups is 1. The van der Waals surface area contributed by atoms with Crippen molar-refractivity contribution in [2.75, 3.05) is 26.2 Å². The molecule has 3 aliphatic heterocycles. The Morgan fingerprint density at radius 1 is 1.16 bits per heavy atom. The second-order valence-electron chi connectivity index (χ2n) is 10.7. The summed E-state index contributed by atoms with van der Waals surface area (Å²) >= 11 is 0. The molecular weight excluding hydrogens is 434 g/mol. The van der Waals surface area contributed by atoms with Crippen molar-refractivity contribution in [3.05, 3.63) is 0 Å². The first kappa shape index (κ1) is 22.5. The second kappa shape index (κ2) is 8.19. The van der Waals surface area contributed by atoms with Gasteiger partial charge in [0.05, 0.1) is 23.8 Å². The number of carbonyl (C=O) groups is 2. The van der Waals surface area contributed by atoms with Crippen molar-refractivity contribution in [2.45, 2.75) is 81.3 Å². The highest BCUT2D eigenvalue weighted by atomic mass is 32.2. The fourth-order valence-corrected chi connectivity index (χ4v) is 7.46. The SMILES string of the molecule is CC1CC(CN2C(=O)C3CC(S(=O)(=O)NC4(C)CC4)CCC3N(CC3CNC3)C2=O)ON1. The zero-order chi connectivity index (χ0) is 22.7. The van der Waals surface area contributed by atoms with Gasteiger partial charge in [0.1, 0.15) is 0 Å². The maximum absolute atomic E-state index is 13.5. The third-order valence-corrected chi connectivity index (χ3v) is 9.90. The smallest absolute Gasteiger partial charge is 0.320 e. The zero-order valence-electron chi connectivity index (χ0n) is 18.9. The molecule has 5 aliphatic rings. The van der Waals surface area contributed by atoms with E-state index in [1.165, 1.54) is 4.90 Å². The molecule has 3 saturated heterocycles. The van der Waals surface area contributed by atoms with E-state index in [1.54, 1.807) is 0 Å². The normalized spacial score (nSPS) is 37.4. The number of amides is 3. The molecule has 180 valence electrons. The third kappa shape index (κ3) is 4.29. The van der Waals surface area contributed by atoms with E-state index in [9.17, 15) is 18.0 Å². The van der Waals surface area contributed by atoms with Crippen LogP contribution in [-0.4, -0.2) is 85.3 Å². The predicted molar refractivity (Wildman–Crippen MR) is 117 cm³/mol. The zero-order valence-corrected chi connectivity index (χ0v) is 19.7. The van der Waals surface area contributed by atoms with Gasteiger partial charge in [0, 0.05) is 43.2 Å². The van der Waals surface area contributed by atoms with Crippen molar-refractivity contribution in [1.82, 2.24) is 25.3 Å². The molecule has 0 bridgehead atoms. The first-order valence-electron chi connectivity index (χ1n) is 11.9. The number of carbonyl (C=O) groups excluding carboxylic acids is 2. The molecule has 10 nitrogen and oxygen atoms in total. The van der Waals surface area contributed by atoms with Gasteiger partial charge < -0.3 is 10.2 Å². The average molecular weight is 470 g/mol. The van der Waals surface area contributed by atoms with Crippen LogP contribution in [0.5, 0.6) is 0 Å². The van der Waals surface area contributed by atoms with Gasteiger partial charge in [0.2, 0.25) is 15.9 Å². The van der Waals surface area contributed by atoms with E-state index < -0.39 is 21.2 Å². The molecule has 2 aliphatic carbocycles. The Hall–Kier alpha value is -1.27. The van der Waals surface area contributed by atoms with E-state index in [-0.39, 0.29) is 48.6 Å². The van der Waals surface area contributed by atoms with Crippen LogP contribution in [0.2, 0.25) is 0 Å². The Morgan fingerprint density at radius 2 is 1.91 bits per heavy atom. The number of sulfonamides is 1. The highest BCUT2D eigenvalue weighted by molar-refractivity contribution is 7.90. The van der Waals surface area contributed by atoms with Gasteiger partial charge in [-0.3, -0.25) is 14.5 Å². The first-order chi connectivity index (χ1) is 15.2. The van der Waals surface area contributed by atoms with E-state index in [1.807, 2.05) is 18.7 Å². The fourth-order valence-electron chi connectivity index (χ4n) is 5.50. The van der Waals surface area contributed by atoms with Gasteiger partial charge in [0.15, 0.2) is 0 Å². The number of hydrogen-bond donors (Lipinski definition) is 3. The fraction of sp³-hybridized carbons (Fsp3) is 0.905.